The Morgan fingerprint density at radius 3 is 1.33 bits per heavy atom. The van der Waals surface area contributed by atoms with Crippen molar-refractivity contribution in [2.75, 3.05) is 0 Å². The SMILES string of the molecule is N.[O]=[V](=[O])[OH].[Zn]. The van der Waals surface area contributed by atoms with Crippen LogP contribution in [0, 0.1) is 0 Å². The Bertz CT molecular complexity index is 59.2. The minimum absolute atomic E-state index is 0. The van der Waals surface area contributed by atoms with Crippen molar-refractivity contribution in [1.82, 2.24) is 6.15 Å². The van der Waals surface area contributed by atoms with Crippen LogP contribution in [0.3, 0.4) is 0 Å². The fourth-order valence-corrected chi connectivity index (χ4v) is 0. The van der Waals surface area contributed by atoms with Gasteiger partial charge in [-0.1, -0.05) is 0 Å². The first kappa shape index (κ1) is 15.9. The van der Waals surface area contributed by atoms with E-state index in [1.54, 1.807) is 0 Å². The molecule has 0 radical (unpaired) electrons. The molecule has 34 valence electrons. The minimum atomic E-state index is -3.69. The Hall–Kier alpha value is 0.728. The van der Waals surface area contributed by atoms with Crippen LogP contribution in [0.25, 0.3) is 0 Å². The third-order valence-electron chi connectivity index (χ3n) is 0. The van der Waals surface area contributed by atoms with Gasteiger partial charge in [0.25, 0.3) is 0 Å². The molecule has 0 saturated carbocycles. The van der Waals surface area contributed by atoms with Crippen molar-refractivity contribution in [3.05, 3.63) is 0 Å². The van der Waals surface area contributed by atoms with Crippen LogP contribution in [0.4, 0.5) is 0 Å². The van der Waals surface area contributed by atoms with Crippen molar-refractivity contribution in [1.29, 1.82) is 0 Å². The second-order valence-electron chi connectivity index (χ2n) is 0.238. The Labute approximate surface area is 52.6 Å². The molecule has 0 aliphatic rings. The maximum atomic E-state index is 8.67. The van der Waals surface area contributed by atoms with E-state index in [0.717, 1.165) is 0 Å². The minimum Gasteiger partial charge on any atom is 0 e. The summed E-state index contributed by atoms with van der Waals surface area (Å²) in [4.78, 5) is 0. The molecule has 0 saturated heterocycles. The molecule has 0 bridgehead atoms. The average Bonchev–Trinajstić information content (AvgIpc) is 0.811. The van der Waals surface area contributed by atoms with Crippen molar-refractivity contribution in [3.63, 3.8) is 0 Å². The predicted molar refractivity (Wildman–Crippen MR) is 8.61 cm³/mol. The second-order valence-corrected chi connectivity index (χ2v) is 0.981. The van der Waals surface area contributed by atoms with E-state index in [2.05, 4.69) is 0 Å². The molecule has 0 aromatic rings. The summed E-state index contributed by atoms with van der Waals surface area (Å²) in [5.74, 6) is 0. The van der Waals surface area contributed by atoms with Crippen LogP contribution in [0.1, 0.15) is 0 Å². The molecule has 0 aliphatic carbocycles. The summed E-state index contributed by atoms with van der Waals surface area (Å²) in [7, 11) is 0. The molecule has 0 unspecified atom stereocenters. The third-order valence-corrected chi connectivity index (χ3v) is 0. The van der Waals surface area contributed by atoms with Crippen LogP contribution < -0.4 is 6.15 Å². The van der Waals surface area contributed by atoms with Crippen LogP contribution >= 0.6 is 0 Å². The average molecular weight is 182 g/mol. The van der Waals surface area contributed by atoms with Gasteiger partial charge in [0.15, 0.2) is 0 Å². The van der Waals surface area contributed by atoms with Gasteiger partial charge in [0.05, 0.1) is 0 Å². The van der Waals surface area contributed by atoms with Gasteiger partial charge in [0, 0.05) is 19.5 Å². The zero-order valence-electron chi connectivity index (χ0n) is 3.13. The van der Waals surface area contributed by atoms with E-state index in [1.807, 2.05) is 0 Å². The summed E-state index contributed by atoms with van der Waals surface area (Å²) >= 11 is -3.69. The normalized spacial score (nSPS) is 4.17. The quantitative estimate of drug-likeness (QED) is 0.488. The molecular weight excluding hydrogens is 178 g/mol. The van der Waals surface area contributed by atoms with Gasteiger partial charge in [-0.2, -0.15) is 0 Å². The smallest absolute Gasteiger partial charge is 0 e. The Morgan fingerprint density at radius 2 is 1.33 bits per heavy atom. The van der Waals surface area contributed by atoms with Crippen molar-refractivity contribution in [2.24, 2.45) is 0 Å². The molecule has 0 amide bonds. The van der Waals surface area contributed by atoms with Gasteiger partial charge < -0.3 is 6.15 Å². The van der Waals surface area contributed by atoms with Crippen LogP contribution in [0.2, 0.25) is 0 Å². The fraction of sp³-hybridized carbons (Fsp3) is 0. The van der Waals surface area contributed by atoms with Crippen LogP contribution in [0.5, 0.6) is 0 Å². The third kappa shape index (κ3) is 124. The van der Waals surface area contributed by atoms with Crippen molar-refractivity contribution in [3.8, 4) is 0 Å². The predicted octanol–water partition coefficient (Wildman–Crippen LogP) is -0.638. The fourth-order valence-electron chi connectivity index (χ4n) is 0. The van der Waals surface area contributed by atoms with Gasteiger partial charge in [-0.25, -0.2) is 0 Å². The zero-order valence-corrected chi connectivity index (χ0v) is 7.49. The van der Waals surface area contributed by atoms with E-state index in [9.17, 15) is 0 Å². The molecule has 0 spiro atoms. The summed E-state index contributed by atoms with van der Waals surface area (Å²) in [5, 5.41) is 0. The van der Waals surface area contributed by atoms with E-state index in [1.165, 1.54) is 0 Å². The van der Waals surface area contributed by atoms with Crippen LogP contribution in [-0.2, 0) is 42.2 Å². The molecule has 0 aliphatic heterocycles. The summed E-state index contributed by atoms with van der Waals surface area (Å²) in [6, 6.07) is 0. The van der Waals surface area contributed by atoms with E-state index < -0.39 is 15.4 Å². The molecule has 0 aromatic heterocycles. The molecule has 6 heavy (non-hydrogen) atoms. The number of hydrogen-bond acceptors (Lipinski definition) is 3. The van der Waals surface area contributed by atoms with Gasteiger partial charge >= 0.3 is 26.8 Å². The first-order valence-electron chi connectivity index (χ1n) is 0.565. The molecular formula is H4NO3VZn. The van der Waals surface area contributed by atoms with Gasteiger partial charge in [0.1, 0.15) is 0 Å². The van der Waals surface area contributed by atoms with Gasteiger partial charge in [-0.05, 0) is 0 Å². The van der Waals surface area contributed by atoms with Crippen LogP contribution in [-0.4, -0.2) is 4.03 Å². The molecule has 6 heteroatoms. The molecule has 4 N–H and O–H groups in total. The first-order chi connectivity index (χ1) is 1.73. The zero-order chi connectivity index (χ0) is 3.58. The molecule has 4 nitrogen and oxygen atoms in total. The molecule has 0 heterocycles. The summed E-state index contributed by atoms with van der Waals surface area (Å²) in [5.41, 5.74) is 0. The standard InChI is InChI=1S/H3N.H2O.2O.V.Zn/h1H3;1H2;;;;/q;;;;+1;/p-1. The maximum absolute atomic E-state index is 8.67. The molecule has 0 atom stereocenters. The van der Waals surface area contributed by atoms with Crippen molar-refractivity contribution in [2.45, 2.75) is 0 Å². The van der Waals surface area contributed by atoms with E-state index in [0.29, 0.717) is 0 Å². The summed E-state index contributed by atoms with van der Waals surface area (Å²) in [6.45, 7) is 0. The van der Waals surface area contributed by atoms with Crippen LogP contribution in [0.15, 0.2) is 0 Å². The topological polar surface area (TPSA) is 89.4 Å². The largest absolute Gasteiger partial charge is 0 e. The summed E-state index contributed by atoms with van der Waals surface area (Å²) in [6.07, 6.45) is 0. The van der Waals surface area contributed by atoms with Crippen molar-refractivity contribution >= 4 is 0 Å². The van der Waals surface area contributed by atoms with E-state index in [-0.39, 0.29) is 25.6 Å². The van der Waals surface area contributed by atoms with Crippen molar-refractivity contribution < 1.29 is 46.3 Å². The maximum Gasteiger partial charge on any atom is 0 e. The number of rotatable bonds is 0. The Kier molecular flexibility index (Phi) is 24.4. The molecule has 0 aromatic carbocycles. The van der Waals surface area contributed by atoms with Gasteiger partial charge in [0.2, 0.25) is 0 Å². The number of hydrogen-bond donors (Lipinski definition) is 2. The Morgan fingerprint density at radius 1 is 1.33 bits per heavy atom. The van der Waals surface area contributed by atoms with Gasteiger partial charge in [-0.3, -0.25) is 0 Å². The van der Waals surface area contributed by atoms with Gasteiger partial charge in [-0.15, -0.1) is 0 Å². The summed E-state index contributed by atoms with van der Waals surface area (Å²) < 4.78 is 24.4. The molecule has 0 fully saturated rings. The Balaban J connectivity index is -0.0000000450. The monoisotopic (exact) mass is 181 g/mol. The molecule has 0 rings (SSSR count). The van der Waals surface area contributed by atoms with E-state index in [4.69, 9.17) is 11.4 Å². The first-order valence-corrected chi connectivity index (χ1v) is 2.33. The van der Waals surface area contributed by atoms with E-state index >= 15 is 0 Å². The second kappa shape index (κ2) is 9.21.